The van der Waals surface area contributed by atoms with Crippen LogP contribution in [0.2, 0.25) is 0 Å². The van der Waals surface area contributed by atoms with E-state index in [-0.39, 0.29) is 12.3 Å². The van der Waals surface area contributed by atoms with E-state index < -0.39 is 10.8 Å². The highest BCUT2D eigenvalue weighted by atomic mass is 14.7. The summed E-state index contributed by atoms with van der Waals surface area (Å²) in [6.07, 6.45) is 4.49. The van der Waals surface area contributed by atoms with Gasteiger partial charge in [-0.25, -0.2) is 0 Å². The first-order valence-corrected chi connectivity index (χ1v) is 8.12. The predicted molar refractivity (Wildman–Crippen MR) is 84.7 cm³/mol. The van der Waals surface area contributed by atoms with E-state index in [1.165, 1.54) is 16.7 Å². The largest absolute Gasteiger partial charge is 0.196 e. The molecule has 0 aromatic heterocycles. The third-order valence-corrected chi connectivity index (χ3v) is 6.18. The molecule has 0 amide bonds. The van der Waals surface area contributed by atoms with Gasteiger partial charge in [0.1, 0.15) is 0 Å². The van der Waals surface area contributed by atoms with Gasteiger partial charge in [0.15, 0.2) is 10.8 Å². The van der Waals surface area contributed by atoms with Gasteiger partial charge in [0.25, 0.3) is 0 Å². The van der Waals surface area contributed by atoms with Gasteiger partial charge in [-0.2, -0.15) is 21.0 Å². The molecule has 24 heavy (non-hydrogen) atoms. The fourth-order valence-corrected chi connectivity index (χ4v) is 4.88. The summed E-state index contributed by atoms with van der Waals surface area (Å²) >= 11 is 0. The van der Waals surface area contributed by atoms with Crippen molar-refractivity contribution in [2.45, 2.75) is 31.1 Å². The molecule has 4 rings (SSSR count). The van der Waals surface area contributed by atoms with Gasteiger partial charge in [0.05, 0.1) is 24.3 Å². The number of rotatable bonds is 1. The molecule has 3 aliphatic rings. The van der Waals surface area contributed by atoms with Crippen molar-refractivity contribution in [1.29, 1.82) is 21.0 Å². The minimum absolute atomic E-state index is 0.264. The molecule has 114 valence electrons. The zero-order valence-electron chi connectivity index (χ0n) is 13.0. The summed E-state index contributed by atoms with van der Waals surface area (Å²) < 4.78 is 0. The lowest BCUT2D eigenvalue weighted by Crippen LogP contribution is -2.55. The third kappa shape index (κ3) is 1.44. The molecule has 1 aromatic rings. The number of fused-ring (bicyclic) bond motifs is 5. The number of nitrogens with zero attached hydrogens (tertiary/aromatic N) is 4. The standard InChI is InChI=1S/C20H14N4/c21-9-19(10-22)8-13(20(19,11-23)12-24)7-18-16-5-6-17(18)15-4-2-1-3-14(15)16/h1-4,7,13,16-17H,5-6,8H2/t13-,16-,17+/m1/s1. The highest BCUT2D eigenvalue weighted by Crippen LogP contribution is 2.63. The lowest BCUT2D eigenvalue weighted by atomic mass is 9.45. The second kappa shape index (κ2) is 4.71. The van der Waals surface area contributed by atoms with Crippen LogP contribution in [0.1, 0.15) is 42.2 Å². The molecule has 2 fully saturated rings. The van der Waals surface area contributed by atoms with Gasteiger partial charge in [-0.15, -0.1) is 0 Å². The molecule has 0 saturated heterocycles. The van der Waals surface area contributed by atoms with E-state index in [2.05, 4.69) is 12.1 Å². The van der Waals surface area contributed by atoms with E-state index in [9.17, 15) is 21.0 Å². The van der Waals surface area contributed by atoms with E-state index in [0.29, 0.717) is 11.8 Å². The smallest absolute Gasteiger partial charge is 0.181 e. The quantitative estimate of drug-likeness (QED) is 0.739. The van der Waals surface area contributed by atoms with E-state index in [0.717, 1.165) is 12.8 Å². The van der Waals surface area contributed by atoms with Gasteiger partial charge in [0.2, 0.25) is 0 Å². The molecule has 4 heteroatoms. The van der Waals surface area contributed by atoms with Crippen LogP contribution in [0.5, 0.6) is 0 Å². The van der Waals surface area contributed by atoms with E-state index in [1.807, 2.05) is 42.5 Å². The molecule has 2 saturated carbocycles. The van der Waals surface area contributed by atoms with Gasteiger partial charge >= 0.3 is 0 Å². The molecule has 3 atom stereocenters. The van der Waals surface area contributed by atoms with Crippen LogP contribution >= 0.6 is 0 Å². The van der Waals surface area contributed by atoms with Crippen molar-refractivity contribution in [1.82, 2.24) is 0 Å². The number of nitriles is 4. The number of allylic oxidation sites excluding steroid dienone is 2. The molecule has 0 N–H and O–H groups in total. The monoisotopic (exact) mass is 310 g/mol. The highest BCUT2D eigenvalue weighted by Gasteiger charge is 2.68. The Labute approximate surface area is 140 Å². The molecule has 3 aliphatic carbocycles. The van der Waals surface area contributed by atoms with Crippen LogP contribution in [0.3, 0.4) is 0 Å². The summed E-state index contributed by atoms with van der Waals surface area (Å²) in [6.45, 7) is 0. The summed E-state index contributed by atoms with van der Waals surface area (Å²) in [7, 11) is 0. The molecular weight excluding hydrogens is 296 g/mol. The van der Waals surface area contributed by atoms with Crippen molar-refractivity contribution in [2.24, 2.45) is 16.7 Å². The molecule has 0 unspecified atom stereocenters. The van der Waals surface area contributed by atoms with Crippen LogP contribution in [0.25, 0.3) is 0 Å². The summed E-state index contributed by atoms with van der Waals surface area (Å²) in [5.41, 5.74) is 0.914. The van der Waals surface area contributed by atoms with Crippen molar-refractivity contribution in [3.05, 3.63) is 47.0 Å². The van der Waals surface area contributed by atoms with Crippen LogP contribution in [0.15, 0.2) is 35.9 Å². The lowest BCUT2D eigenvalue weighted by molar-refractivity contribution is 0.0703. The number of benzene rings is 1. The highest BCUT2D eigenvalue weighted by molar-refractivity contribution is 5.54. The lowest BCUT2D eigenvalue weighted by Gasteiger charge is -2.47. The Morgan fingerprint density at radius 1 is 0.875 bits per heavy atom. The Balaban J connectivity index is 1.75. The average molecular weight is 310 g/mol. The van der Waals surface area contributed by atoms with Gasteiger partial charge in [0, 0.05) is 17.8 Å². The van der Waals surface area contributed by atoms with Gasteiger partial charge in [-0.1, -0.05) is 35.9 Å². The Kier molecular flexibility index (Phi) is 2.85. The molecular formula is C20H14N4. The van der Waals surface area contributed by atoms with Crippen LogP contribution in [0, 0.1) is 62.1 Å². The maximum absolute atomic E-state index is 9.60. The Morgan fingerprint density at radius 2 is 1.42 bits per heavy atom. The average Bonchev–Trinajstić information content (AvgIpc) is 3.15. The third-order valence-electron chi connectivity index (χ3n) is 6.18. The van der Waals surface area contributed by atoms with Crippen molar-refractivity contribution >= 4 is 0 Å². The molecule has 0 heterocycles. The second-order valence-corrected chi connectivity index (χ2v) is 6.95. The van der Waals surface area contributed by atoms with Gasteiger partial charge < -0.3 is 0 Å². The second-order valence-electron chi connectivity index (χ2n) is 6.95. The van der Waals surface area contributed by atoms with Crippen LogP contribution in [-0.4, -0.2) is 0 Å². The molecule has 0 spiro atoms. The fourth-order valence-electron chi connectivity index (χ4n) is 4.88. The molecule has 2 bridgehead atoms. The summed E-state index contributed by atoms with van der Waals surface area (Å²) in [5, 5.41) is 37.9. The first-order valence-electron chi connectivity index (χ1n) is 8.12. The molecule has 1 aromatic carbocycles. The minimum atomic E-state index is -1.56. The van der Waals surface area contributed by atoms with Crippen molar-refractivity contribution in [2.75, 3.05) is 0 Å². The van der Waals surface area contributed by atoms with E-state index >= 15 is 0 Å². The summed E-state index contributed by atoms with van der Waals surface area (Å²) in [6, 6.07) is 16.3. The van der Waals surface area contributed by atoms with Crippen LogP contribution in [-0.2, 0) is 0 Å². The van der Waals surface area contributed by atoms with Crippen LogP contribution in [0.4, 0.5) is 0 Å². The summed E-state index contributed by atoms with van der Waals surface area (Å²) in [5.74, 6) is 0.375. The maximum atomic E-state index is 9.60. The Hall–Kier alpha value is -3.08. The topological polar surface area (TPSA) is 95.2 Å². The van der Waals surface area contributed by atoms with Crippen molar-refractivity contribution in [3.63, 3.8) is 0 Å². The normalized spacial score (nSPS) is 31.8. The SMILES string of the molecule is N#CC1(C#N)C[C@@H](C=C2[C@H]3CC[C@@H]2c2ccccc23)C1(C#N)C#N. The van der Waals surface area contributed by atoms with Crippen LogP contribution < -0.4 is 0 Å². The number of hydrogen-bond acceptors (Lipinski definition) is 4. The first-order chi connectivity index (χ1) is 11.7. The minimum Gasteiger partial charge on any atom is -0.196 e. The van der Waals surface area contributed by atoms with E-state index in [1.54, 1.807) is 0 Å². The predicted octanol–water partition coefficient (Wildman–Crippen LogP) is 3.67. The first kappa shape index (κ1) is 14.5. The van der Waals surface area contributed by atoms with Crippen molar-refractivity contribution in [3.8, 4) is 24.3 Å². The van der Waals surface area contributed by atoms with Gasteiger partial charge in [-0.05, 0) is 30.4 Å². The maximum Gasteiger partial charge on any atom is 0.181 e. The Bertz CT molecular complexity index is 867. The summed E-state index contributed by atoms with van der Waals surface area (Å²) in [4.78, 5) is 0. The number of hydrogen-bond donors (Lipinski definition) is 0. The van der Waals surface area contributed by atoms with Gasteiger partial charge in [-0.3, -0.25) is 0 Å². The fraction of sp³-hybridized carbons (Fsp3) is 0.400. The van der Waals surface area contributed by atoms with Crippen molar-refractivity contribution < 1.29 is 0 Å². The van der Waals surface area contributed by atoms with E-state index in [4.69, 9.17) is 0 Å². The molecule has 4 nitrogen and oxygen atoms in total. The zero-order valence-corrected chi connectivity index (χ0v) is 13.0. The molecule has 0 aliphatic heterocycles. The Morgan fingerprint density at radius 3 is 1.88 bits per heavy atom. The zero-order chi connectivity index (χ0) is 16.9. The molecule has 0 radical (unpaired) electrons.